The molecule has 2 N–H and O–H groups in total. The van der Waals surface area contributed by atoms with Gasteiger partial charge in [0.25, 0.3) is 5.56 Å². The monoisotopic (exact) mass is 508 g/mol. The van der Waals surface area contributed by atoms with Gasteiger partial charge in [-0.1, -0.05) is 23.8 Å². The van der Waals surface area contributed by atoms with E-state index < -0.39 is 6.09 Å². The van der Waals surface area contributed by atoms with Crippen molar-refractivity contribution in [1.29, 1.82) is 0 Å². The van der Waals surface area contributed by atoms with Crippen LogP contribution in [0.25, 0.3) is 28.1 Å². The zero-order valence-corrected chi connectivity index (χ0v) is 20.7. The van der Waals surface area contributed by atoms with Crippen molar-refractivity contribution in [2.24, 2.45) is 0 Å². The molecule has 190 valence electrons. The number of carbonyl (C=O) groups is 1. The first-order valence-corrected chi connectivity index (χ1v) is 12.1. The maximum atomic E-state index is 13.4. The number of anilines is 1. The van der Waals surface area contributed by atoms with Gasteiger partial charge in [0.1, 0.15) is 12.2 Å². The number of carboxylic acid groups (broad SMARTS) is 1. The number of fused-ring (bicyclic) bond motifs is 1. The number of amides is 1. The highest BCUT2D eigenvalue weighted by atomic mass is 16.4. The third kappa shape index (κ3) is 4.03. The molecule has 1 aliphatic rings. The van der Waals surface area contributed by atoms with E-state index in [4.69, 9.17) is 0 Å². The van der Waals surface area contributed by atoms with Crippen molar-refractivity contribution in [3.63, 3.8) is 0 Å². The van der Waals surface area contributed by atoms with Crippen LogP contribution in [0.3, 0.4) is 0 Å². The zero-order chi connectivity index (χ0) is 26.4. The Morgan fingerprint density at radius 2 is 1.92 bits per heavy atom. The molecule has 1 amide bonds. The molecule has 1 atom stereocenters. The molecule has 0 aliphatic carbocycles. The number of hydrogen-bond donors (Lipinski definition) is 2. The minimum absolute atomic E-state index is 0.0943. The Hall–Kier alpha value is -5.06. The summed E-state index contributed by atoms with van der Waals surface area (Å²) in [6.45, 7) is 2.01. The molecule has 5 aromatic rings. The normalized spacial score (nSPS) is 14.4. The average molecular weight is 509 g/mol. The van der Waals surface area contributed by atoms with Crippen LogP contribution in [-0.4, -0.2) is 53.0 Å². The number of imidazole rings is 1. The van der Waals surface area contributed by atoms with Gasteiger partial charge in [0.05, 0.1) is 23.6 Å². The summed E-state index contributed by atoms with van der Waals surface area (Å²) in [7, 11) is 1.50. The molecule has 0 saturated heterocycles. The smallest absolute Gasteiger partial charge is 0.411 e. The molecular formula is C27H24N8O3. The highest BCUT2D eigenvalue weighted by molar-refractivity contribution is 5.85. The van der Waals surface area contributed by atoms with Crippen LogP contribution in [0, 0.1) is 6.92 Å². The van der Waals surface area contributed by atoms with E-state index in [1.807, 2.05) is 41.8 Å². The number of rotatable bonds is 5. The first-order valence-electron chi connectivity index (χ1n) is 12.1. The molecule has 11 heteroatoms. The topological polar surface area (TPSA) is 135 Å². The second-order valence-electron chi connectivity index (χ2n) is 9.34. The van der Waals surface area contributed by atoms with E-state index in [0.717, 1.165) is 57.1 Å². The van der Waals surface area contributed by atoms with Crippen LogP contribution in [-0.2, 0) is 6.42 Å². The van der Waals surface area contributed by atoms with Crippen molar-refractivity contribution in [3.05, 3.63) is 94.6 Å². The van der Waals surface area contributed by atoms with Gasteiger partial charge < -0.3 is 14.7 Å². The van der Waals surface area contributed by atoms with E-state index in [0.29, 0.717) is 11.5 Å². The highest BCUT2D eigenvalue weighted by Gasteiger charge is 2.28. The van der Waals surface area contributed by atoms with Gasteiger partial charge in [-0.15, -0.1) is 5.10 Å². The Kier molecular flexibility index (Phi) is 5.60. The Labute approximate surface area is 217 Å². The summed E-state index contributed by atoms with van der Waals surface area (Å²) in [5.41, 5.74) is 6.68. The lowest BCUT2D eigenvalue weighted by Gasteiger charge is -2.15. The van der Waals surface area contributed by atoms with E-state index in [2.05, 4.69) is 31.6 Å². The van der Waals surface area contributed by atoms with Gasteiger partial charge in [-0.3, -0.25) is 9.69 Å². The molecule has 0 fully saturated rings. The zero-order valence-electron chi connectivity index (χ0n) is 20.7. The number of tetrazole rings is 1. The predicted octanol–water partition coefficient (Wildman–Crippen LogP) is 3.84. The van der Waals surface area contributed by atoms with E-state index in [9.17, 15) is 14.7 Å². The summed E-state index contributed by atoms with van der Waals surface area (Å²) in [5, 5.41) is 20.7. The first-order chi connectivity index (χ1) is 18.4. The van der Waals surface area contributed by atoms with Gasteiger partial charge >= 0.3 is 6.09 Å². The molecule has 38 heavy (non-hydrogen) atoms. The maximum absolute atomic E-state index is 13.4. The Bertz CT molecular complexity index is 1700. The summed E-state index contributed by atoms with van der Waals surface area (Å²) in [4.78, 5) is 33.7. The number of hydrogen-bond acceptors (Lipinski definition) is 6. The van der Waals surface area contributed by atoms with Gasteiger partial charge in [-0.05, 0) is 71.7 Å². The Morgan fingerprint density at radius 3 is 2.66 bits per heavy atom. The summed E-state index contributed by atoms with van der Waals surface area (Å²) < 4.78 is 3.41. The number of pyridine rings is 1. The molecule has 0 radical (unpaired) electrons. The van der Waals surface area contributed by atoms with Crippen LogP contribution in [0.1, 0.15) is 29.5 Å². The highest BCUT2D eigenvalue weighted by Crippen LogP contribution is 2.34. The molecule has 0 saturated carbocycles. The molecular weight excluding hydrogens is 484 g/mol. The summed E-state index contributed by atoms with van der Waals surface area (Å²) in [6.07, 6.45) is 3.75. The van der Waals surface area contributed by atoms with Gasteiger partial charge in [-0.25, -0.2) is 9.78 Å². The van der Waals surface area contributed by atoms with E-state index in [-0.39, 0.29) is 11.6 Å². The third-order valence-electron chi connectivity index (χ3n) is 6.96. The second kappa shape index (κ2) is 9.11. The fourth-order valence-electron chi connectivity index (χ4n) is 4.99. The van der Waals surface area contributed by atoms with Crippen molar-refractivity contribution >= 4 is 11.8 Å². The number of aryl methyl sites for hydroxylation is 2. The number of aromatic amines is 1. The average Bonchev–Trinajstić information content (AvgIpc) is 3.69. The molecule has 3 aromatic heterocycles. The molecule has 11 nitrogen and oxygen atoms in total. The van der Waals surface area contributed by atoms with Crippen molar-refractivity contribution < 1.29 is 9.90 Å². The summed E-state index contributed by atoms with van der Waals surface area (Å²) in [5.74, 6) is 0.713. The molecule has 0 bridgehead atoms. The number of nitrogens with one attached hydrogen (secondary N) is 1. The van der Waals surface area contributed by atoms with Crippen LogP contribution in [0.4, 0.5) is 10.5 Å². The SMILES string of the molecule is Cc1ccc(-n2cnnn2)c(-c2cc3n(c(=O)c2)[C@H](c2ncc(-c4ccc(N(C)C(=O)O)cc4)[nH]2)CC3)c1. The van der Waals surface area contributed by atoms with Crippen molar-refractivity contribution in [2.45, 2.75) is 25.8 Å². The number of nitrogens with zero attached hydrogens (tertiary/aromatic N) is 7. The van der Waals surface area contributed by atoms with Gasteiger partial charge in [0.15, 0.2) is 0 Å². The lowest BCUT2D eigenvalue weighted by molar-refractivity contribution is 0.203. The van der Waals surface area contributed by atoms with Crippen molar-refractivity contribution in [2.75, 3.05) is 11.9 Å². The molecule has 6 rings (SSSR count). The first kappa shape index (κ1) is 23.3. The standard InChI is InChI=1S/C27H24N8O3/c1-16-3-9-23(34-15-29-31-32-34)21(11-16)18-12-20-8-10-24(35(20)25(36)13-18)26-28-14-22(30-26)17-4-6-19(7-5-17)33(2)27(37)38/h3-7,9,11-15,24H,8,10H2,1-2H3,(H,28,30)(H,37,38)/t24-/m0/s1. The molecule has 1 aliphatic heterocycles. The van der Waals surface area contributed by atoms with Gasteiger partial charge in [0, 0.05) is 30.1 Å². The maximum Gasteiger partial charge on any atom is 0.411 e. The Balaban J connectivity index is 1.32. The second-order valence-corrected chi connectivity index (χ2v) is 9.34. The van der Waals surface area contributed by atoms with Crippen LogP contribution in [0.15, 0.2) is 71.9 Å². The minimum atomic E-state index is -1.02. The van der Waals surface area contributed by atoms with Gasteiger partial charge in [0.2, 0.25) is 0 Å². The quantitative estimate of drug-likeness (QED) is 0.368. The fraction of sp³-hybridized carbons (Fsp3) is 0.185. The molecule has 0 unspecified atom stereocenters. The molecule has 2 aromatic carbocycles. The van der Waals surface area contributed by atoms with E-state index >= 15 is 0 Å². The van der Waals surface area contributed by atoms with Crippen LogP contribution in [0.5, 0.6) is 0 Å². The predicted molar refractivity (Wildman–Crippen MR) is 140 cm³/mol. The third-order valence-corrected chi connectivity index (χ3v) is 6.96. The summed E-state index contributed by atoms with van der Waals surface area (Å²) in [6, 6.07) is 16.7. The van der Waals surface area contributed by atoms with Crippen molar-refractivity contribution in [1.82, 2.24) is 34.7 Å². The van der Waals surface area contributed by atoms with Crippen LogP contribution < -0.4 is 10.5 Å². The lowest BCUT2D eigenvalue weighted by atomic mass is 10.0. The largest absolute Gasteiger partial charge is 0.465 e. The Morgan fingerprint density at radius 1 is 1.11 bits per heavy atom. The van der Waals surface area contributed by atoms with Gasteiger partial charge in [-0.2, -0.15) is 4.68 Å². The molecule has 0 spiro atoms. The van der Waals surface area contributed by atoms with E-state index in [1.165, 1.54) is 13.4 Å². The number of H-pyrrole nitrogens is 1. The number of benzene rings is 2. The van der Waals surface area contributed by atoms with E-state index in [1.54, 1.807) is 29.1 Å². The fourth-order valence-corrected chi connectivity index (χ4v) is 4.99. The number of aromatic nitrogens is 7. The minimum Gasteiger partial charge on any atom is -0.465 e. The molecule has 4 heterocycles. The van der Waals surface area contributed by atoms with Crippen molar-refractivity contribution in [3.8, 4) is 28.1 Å². The van der Waals surface area contributed by atoms with Crippen LogP contribution >= 0.6 is 0 Å². The van der Waals surface area contributed by atoms with Crippen LogP contribution in [0.2, 0.25) is 0 Å². The summed E-state index contributed by atoms with van der Waals surface area (Å²) >= 11 is 0. The lowest BCUT2D eigenvalue weighted by Crippen LogP contribution is -2.24.